The lowest BCUT2D eigenvalue weighted by Gasteiger charge is -2.13. The molecule has 2 N–H and O–H groups in total. The number of aliphatic carboxylic acids is 1. The molecular weight excluding hydrogens is 222 g/mol. The Hall–Kier alpha value is -1.75. The summed E-state index contributed by atoms with van der Waals surface area (Å²) >= 11 is 0. The first-order valence-corrected chi connectivity index (χ1v) is 5.23. The lowest BCUT2D eigenvalue weighted by Crippen LogP contribution is -2.35. The van der Waals surface area contributed by atoms with Gasteiger partial charge in [0, 0.05) is 0 Å². The third-order valence-corrected chi connectivity index (χ3v) is 2.53. The number of nitrogens with one attached hydrogen (secondary N) is 1. The Morgan fingerprint density at radius 1 is 1.35 bits per heavy atom. The summed E-state index contributed by atoms with van der Waals surface area (Å²) in [5.74, 6) is 0.361. The molecule has 5 nitrogen and oxygen atoms in total. The Labute approximate surface area is 100 Å². The topological polar surface area (TPSA) is 67.8 Å². The fourth-order valence-electron chi connectivity index (χ4n) is 1.56. The van der Waals surface area contributed by atoms with Crippen molar-refractivity contribution in [2.45, 2.75) is 12.5 Å². The molecule has 0 amide bonds. The molecule has 0 aromatic heterocycles. The van der Waals surface area contributed by atoms with E-state index in [0.717, 1.165) is 5.56 Å². The van der Waals surface area contributed by atoms with Crippen molar-refractivity contribution in [3.63, 3.8) is 0 Å². The molecule has 1 atom stereocenters. The minimum absolute atomic E-state index is 0.395. The maximum absolute atomic E-state index is 10.9. The van der Waals surface area contributed by atoms with Crippen LogP contribution in [-0.4, -0.2) is 38.4 Å². The van der Waals surface area contributed by atoms with Gasteiger partial charge in [0.25, 0.3) is 0 Å². The summed E-state index contributed by atoms with van der Waals surface area (Å²) in [6.45, 7) is 0. The highest BCUT2D eigenvalue weighted by molar-refractivity contribution is 5.73. The number of carboxylic acids is 1. The van der Waals surface area contributed by atoms with Gasteiger partial charge in [-0.3, -0.25) is 4.79 Å². The number of carbonyl (C=O) groups is 1. The van der Waals surface area contributed by atoms with Crippen LogP contribution in [0.5, 0.6) is 11.5 Å². The molecular formula is C12H17NO4. The third kappa shape index (κ3) is 3.35. The summed E-state index contributed by atoms with van der Waals surface area (Å²) in [5, 5.41) is 11.7. The van der Waals surface area contributed by atoms with Gasteiger partial charge in [0.1, 0.15) is 6.04 Å². The van der Waals surface area contributed by atoms with Gasteiger partial charge in [-0.05, 0) is 31.2 Å². The molecule has 0 radical (unpaired) electrons. The van der Waals surface area contributed by atoms with Crippen LogP contribution in [0.15, 0.2) is 18.2 Å². The molecule has 0 bridgehead atoms. The molecule has 1 aromatic carbocycles. The van der Waals surface area contributed by atoms with E-state index in [1.165, 1.54) is 0 Å². The van der Waals surface area contributed by atoms with Gasteiger partial charge in [0.15, 0.2) is 11.5 Å². The van der Waals surface area contributed by atoms with E-state index in [9.17, 15) is 4.79 Å². The largest absolute Gasteiger partial charge is 0.493 e. The van der Waals surface area contributed by atoms with Crippen LogP contribution in [0.3, 0.4) is 0 Å². The van der Waals surface area contributed by atoms with E-state index in [1.54, 1.807) is 33.4 Å². The van der Waals surface area contributed by atoms with Crippen LogP contribution >= 0.6 is 0 Å². The van der Waals surface area contributed by atoms with Crippen LogP contribution in [0.1, 0.15) is 5.56 Å². The van der Waals surface area contributed by atoms with Crippen LogP contribution in [0.25, 0.3) is 0 Å². The second-order valence-corrected chi connectivity index (χ2v) is 3.57. The number of hydrogen-bond acceptors (Lipinski definition) is 4. The van der Waals surface area contributed by atoms with Crippen molar-refractivity contribution in [2.75, 3.05) is 21.3 Å². The van der Waals surface area contributed by atoms with Crippen LogP contribution in [0.2, 0.25) is 0 Å². The monoisotopic (exact) mass is 239 g/mol. The predicted octanol–water partition coefficient (Wildman–Crippen LogP) is 0.919. The van der Waals surface area contributed by atoms with E-state index < -0.39 is 12.0 Å². The highest BCUT2D eigenvalue weighted by Crippen LogP contribution is 2.27. The van der Waals surface area contributed by atoms with Gasteiger partial charge in [-0.25, -0.2) is 0 Å². The quantitative estimate of drug-likeness (QED) is 0.772. The van der Waals surface area contributed by atoms with E-state index in [0.29, 0.717) is 17.9 Å². The van der Waals surface area contributed by atoms with E-state index in [-0.39, 0.29) is 0 Å². The van der Waals surface area contributed by atoms with Crippen LogP contribution in [0, 0.1) is 0 Å². The Balaban J connectivity index is 2.88. The SMILES string of the molecule is CN[C@@H](Cc1ccc(OC)c(OC)c1)C(=O)O. The minimum atomic E-state index is -0.873. The number of methoxy groups -OCH3 is 2. The van der Waals surface area contributed by atoms with Gasteiger partial charge in [-0.1, -0.05) is 6.07 Å². The minimum Gasteiger partial charge on any atom is -0.493 e. The van der Waals surface area contributed by atoms with Crippen LogP contribution < -0.4 is 14.8 Å². The number of ether oxygens (including phenoxy) is 2. The lowest BCUT2D eigenvalue weighted by atomic mass is 10.1. The smallest absolute Gasteiger partial charge is 0.321 e. The summed E-state index contributed by atoms with van der Waals surface area (Å²) in [6.07, 6.45) is 0.395. The number of hydrogen-bond donors (Lipinski definition) is 2. The lowest BCUT2D eigenvalue weighted by molar-refractivity contribution is -0.139. The summed E-state index contributed by atoms with van der Waals surface area (Å²) in [6, 6.07) is 4.77. The molecule has 0 spiro atoms. The average molecular weight is 239 g/mol. The summed E-state index contributed by atoms with van der Waals surface area (Å²) in [7, 11) is 4.74. The Morgan fingerprint density at radius 2 is 2.00 bits per heavy atom. The van der Waals surface area contributed by atoms with E-state index >= 15 is 0 Å². The van der Waals surface area contributed by atoms with Gasteiger partial charge < -0.3 is 19.9 Å². The Bertz CT molecular complexity index is 392. The second-order valence-electron chi connectivity index (χ2n) is 3.57. The van der Waals surface area contributed by atoms with Crippen molar-refractivity contribution >= 4 is 5.97 Å². The van der Waals surface area contributed by atoms with E-state index in [1.807, 2.05) is 6.07 Å². The highest BCUT2D eigenvalue weighted by Gasteiger charge is 2.16. The van der Waals surface area contributed by atoms with Gasteiger partial charge in [-0.2, -0.15) is 0 Å². The standard InChI is InChI=1S/C12H17NO4/c1-13-9(12(14)15)6-8-4-5-10(16-2)11(7-8)17-3/h4-5,7,9,13H,6H2,1-3H3,(H,14,15)/t9-/m0/s1. The third-order valence-electron chi connectivity index (χ3n) is 2.53. The number of benzene rings is 1. The molecule has 0 unspecified atom stereocenters. The fourth-order valence-corrected chi connectivity index (χ4v) is 1.56. The van der Waals surface area contributed by atoms with E-state index in [4.69, 9.17) is 14.6 Å². The first kappa shape index (κ1) is 13.3. The number of rotatable bonds is 6. The molecule has 1 rings (SSSR count). The Kier molecular flexibility index (Phi) is 4.78. The molecule has 0 aliphatic carbocycles. The number of likely N-dealkylation sites (N-methyl/N-ethyl adjacent to an activating group) is 1. The highest BCUT2D eigenvalue weighted by atomic mass is 16.5. The van der Waals surface area contributed by atoms with Crippen molar-refractivity contribution in [1.29, 1.82) is 0 Å². The van der Waals surface area contributed by atoms with Crippen molar-refractivity contribution in [1.82, 2.24) is 5.32 Å². The molecule has 0 saturated heterocycles. The average Bonchev–Trinajstić information content (AvgIpc) is 2.35. The van der Waals surface area contributed by atoms with Gasteiger partial charge in [0.05, 0.1) is 14.2 Å². The first-order valence-electron chi connectivity index (χ1n) is 5.23. The molecule has 1 aromatic rings. The van der Waals surface area contributed by atoms with Crippen LogP contribution in [0.4, 0.5) is 0 Å². The van der Waals surface area contributed by atoms with E-state index in [2.05, 4.69) is 5.32 Å². The first-order chi connectivity index (χ1) is 8.12. The van der Waals surface area contributed by atoms with Crippen molar-refractivity contribution in [3.05, 3.63) is 23.8 Å². The predicted molar refractivity (Wildman–Crippen MR) is 63.7 cm³/mol. The normalized spacial score (nSPS) is 11.9. The summed E-state index contributed by atoms with van der Waals surface area (Å²) in [5.41, 5.74) is 0.879. The van der Waals surface area contributed by atoms with Crippen molar-refractivity contribution < 1.29 is 19.4 Å². The molecule has 0 saturated carbocycles. The zero-order valence-electron chi connectivity index (χ0n) is 10.2. The molecule has 0 aliphatic heterocycles. The molecule has 17 heavy (non-hydrogen) atoms. The summed E-state index contributed by atoms with van der Waals surface area (Å²) in [4.78, 5) is 10.9. The molecule has 0 heterocycles. The van der Waals surface area contributed by atoms with Gasteiger partial charge in [0.2, 0.25) is 0 Å². The summed E-state index contributed by atoms with van der Waals surface area (Å²) < 4.78 is 10.3. The van der Waals surface area contributed by atoms with Gasteiger partial charge in [-0.15, -0.1) is 0 Å². The van der Waals surface area contributed by atoms with Crippen molar-refractivity contribution in [3.8, 4) is 11.5 Å². The molecule has 94 valence electrons. The second kappa shape index (κ2) is 6.10. The molecule has 0 aliphatic rings. The maximum Gasteiger partial charge on any atom is 0.321 e. The zero-order valence-corrected chi connectivity index (χ0v) is 10.2. The zero-order chi connectivity index (χ0) is 12.8. The molecule has 0 fully saturated rings. The molecule has 5 heteroatoms. The fraction of sp³-hybridized carbons (Fsp3) is 0.417. The van der Waals surface area contributed by atoms with Gasteiger partial charge >= 0.3 is 5.97 Å². The van der Waals surface area contributed by atoms with Crippen LogP contribution in [-0.2, 0) is 11.2 Å². The Morgan fingerprint density at radius 3 is 2.47 bits per heavy atom. The maximum atomic E-state index is 10.9. The number of carboxylic acid groups (broad SMARTS) is 1. The van der Waals surface area contributed by atoms with Crippen molar-refractivity contribution in [2.24, 2.45) is 0 Å².